The van der Waals surface area contributed by atoms with Gasteiger partial charge in [-0.05, 0) is 46.5 Å². The molecule has 1 aliphatic heterocycles. The monoisotopic (exact) mass is 432 g/mol. The Morgan fingerprint density at radius 3 is 2.03 bits per heavy atom. The van der Waals surface area contributed by atoms with Crippen LogP contribution in [-0.4, -0.2) is 23.8 Å². The number of nitrogens with zero attached hydrogens (tertiary/aromatic N) is 2. The average molecular weight is 433 g/mol. The molecule has 0 saturated heterocycles. The van der Waals surface area contributed by atoms with Gasteiger partial charge in [0.25, 0.3) is 0 Å². The Balaban J connectivity index is 1.70. The van der Waals surface area contributed by atoms with Crippen LogP contribution in [0.25, 0.3) is 11.0 Å². The molecule has 1 aliphatic rings. The highest BCUT2D eigenvalue weighted by Gasteiger charge is 2.36. The zero-order chi connectivity index (χ0) is 22.4. The second-order valence-corrected chi connectivity index (χ2v) is 8.35. The molecule has 162 valence electrons. The van der Waals surface area contributed by atoms with Crippen molar-refractivity contribution >= 4 is 11.0 Å². The normalized spacial score (nSPS) is 16.8. The maximum Gasteiger partial charge on any atom is 0.122 e. The number of fused-ring (bicyclic) bond motifs is 4. The van der Waals surface area contributed by atoms with Gasteiger partial charge in [-0.25, -0.2) is 4.98 Å². The van der Waals surface area contributed by atoms with Crippen molar-refractivity contribution < 1.29 is 9.47 Å². The van der Waals surface area contributed by atoms with Crippen molar-refractivity contribution in [3.63, 3.8) is 0 Å². The summed E-state index contributed by atoms with van der Waals surface area (Å²) in [5.41, 5.74) is 7.00. The zero-order valence-corrected chi connectivity index (χ0v) is 18.6. The molecule has 0 bridgehead atoms. The van der Waals surface area contributed by atoms with Gasteiger partial charge in [0.1, 0.15) is 17.3 Å². The van der Waals surface area contributed by atoms with E-state index in [4.69, 9.17) is 14.5 Å². The first-order valence-corrected chi connectivity index (χ1v) is 11.1. The van der Waals surface area contributed by atoms with Gasteiger partial charge >= 0.3 is 0 Å². The van der Waals surface area contributed by atoms with Crippen molar-refractivity contribution in [2.24, 2.45) is 0 Å². The third-order valence-electron chi connectivity index (χ3n) is 6.56. The molecular weight excluding hydrogens is 408 g/mol. The van der Waals surface area contributed by atoms with Crippen LogP contribution >= 0.6 is 0 Å². The molecule has 2 unspecified atom stereocenters. The second kappa shape index (κ2) is 7.82. The Hall–Kier alpha value is -4.05. The van der Waals surface area contributed by atoms with Crippen LogP contribution in [0.1, 0.15) is 40.0 Å². The van der Waals surface area contributed by atoms with E-state index in [1.165, 1.54) is 16.7 Å². The average Bonchev–Trinajstić information content (AvgIpc) is 3.26. The topological polar surface area (TPSA) is 36.3 Å². The van der Waals surface area contributed by atoms with Crippen LogP contribution in [0.2, 0.25) is 0 Å². The van der Waals surface area contributed by atoms with Crippen LogP contribution < -0.4 is 9.47 Å². The van der Waals surface area contributed by atoms with Gasteiger partial charge in [0.2, 0.25) is 0 Å². The third kappa shape index (κ3) is 3.10. The fourth-order valence-corrected chi connectivity index (χ4v) is 5.13. The van der Waals surface area contributed by atoms with Crippen LogP contribution in [0.3, 0.4) is 0 Å². The molecule has 0 spiro atoms. The SMILES string of the molecule is COc1cc(OC)cc(C2c3ccccc3C(c3ccccc3)c3nc4ccccc4n32)c1. The smallest absolute Gasteiger partial charge is 0.122 e. The van der Waals surface area contributed by atoms with Gasteiger partial charge in [-0.2, -0.15) is 0 Å². The first-order valence-electron chi connectivity index (χ1n) is 11.1. The molecule has 0 amide bonds. The molecule has 0 aliphatic carbocycles. The predicted octanol–water partition coefficient (Wildman–Crippen LogP) is 6.18. The first-order chi connectivity index (χ1) is 16.3. The van der Waals surface area contributed by atoms with E-state index in [2.05, 4.69) is 95.6 Å². The minimum Gasteiger partial charge on any atom is -0.497 e. The number of hydrogen-bond acceptors (Lipinski definition) is 3. The van der Waals surface area contributed by atoms with E-state index in [1.807, 2.05) is 6.07 Å². The van der Waals surface area contributed by atoms with Gasteiger partial charge in [-0.1, -0.05) is 66.7 Å². The molecule has 0 saturated carbocycles. The molecule has 2 heterocycles. The van der Waals surface area contributed by atoms with Crippen LogP contribution in [0.15, 0.2) is 97.1 Å². The summed E-state index contributed by atoms with van der Waals surface area (Å²) in [7, 11) is 3.38. The first kappa shape index (κ1) is 19.6. The minimum absolute atomic E-state index is 0.0486. The summed E-state index contributed by atoms with van der Waals surface area (Å²) in [6, 6.07) is 33.8. The molecule has 0 N–H and O–H groups in total. The van der Waals surface area contributed by atoms with Gasteiger partial charge in [-0.3, -0.25) is 0 Å². The number of aromatic nitrogens is 2. The largest absolute Gasteiger partial charge is 0.497 e. The number of benzene rings is 4. The van der Waals surface area contributed by atoms with E-state index in [0.29, 0.717) is 0 Å². The highest BCUT2D eigenvalue weighted by Crippen LogP contribution is 2.47. The minimum atomic E-state index is -0.0486. The molecule has 2 atom stereocenters. The standard InChI is InChI=1S/C29H24N2O2/c1-32-21-16-20(17-22(18-21)33-2)28-24-13-7-6-12-23(24)27(19-10-4-3-5-11-19)29-30-25-14-8-9-15-26(25)31(28)29/h3-18,27-28H,1-2H3. The lowest BCUT2D eigenvalue weighted by Gasteiger charge is -2.34. The number of hydrogen-bond donors (Lipinski definition) is 0. The van der Waals surface area contributed by atoms with Gasteiger partial charge in [0, 0.05) is 6.07 Å². The number of ether oxygens (including phenoxy) is 2. The van der Waals surface area contributed by atoms with E-state index in [1.54, 1.807) is 14.2 Å². The Bertz CT molecular complexity index is 1430. The fraction of sp³-hybridized carbons (Fsp3) is 0.138. The third-order valence-corrected chi connectivity index (χ3v) is 6.56. The molecule has 4 nitrogen and oxygen atoms in total. The summed E-state index contributed by atoms with van der Waals surface area (Å²) in [6.07, 6.45) is 0. The summed E-state index contributed by atoms with van der Waals surface area (Å²) in [4.78, 5) is 5.17. The molecule has 33 heavy (non-hydrogen) atoms. The fourth-order valence-electron chi connectivity index (χ4n) is 5.13. The van der Waals surface area contributed by atoms with E-state index in [0.717, 1.165) is 33.9 Å². The van der Waals surface area contributed by atoms with Gasteiger partial charge < -0.3 is 14.0 Å². The molecule has 6 rings (SSSR count). The summed E-state index contributed by atoms with van der Waals surface area (Å²) in [5, 5.41) is 0. The van der Waals surface area contributed by atoms with E-state index in [9.17, 15) is 0 Å². The Labute approximate surface area is 193 Å². The molecule has 0 radical (unpaired) electrons. The number of para-hydroxylation sites is 2. The molecule has 4 heteroatoms. The van der Waals surface area contributed by atoms with Gasteiger partial charge in [0.15, 0.2) is 0 Å². The van der Waals surface area contributed by atoms with Crippen LogP contribution in [0, 0.1) is 0 Å². The summed E-state index contributed by atoms with van der Waals surface area (Å²) in [6.45, 7) is 0. The molecule has 0 fully saturated rings. The number of rotatable bonds is 4. The number of methoxy groups -OCH3 is 2. The van der Waals surface area contributed by atoms with Crippen LogP contribution in [0.4, 0.5) is 0 Å². The maximum atomic E-state index is 5.62. The van der Waals surface area contributed by atoms with Crippen LogP contribution in [-0.2, 0) is 0 Å². The van der Waals surface area contributed by atoms with Crippen molar-refractivity contribution in [2.75, 3.05) is 14.2 Å². The van der Waals surface area contributed by atoms with E-state index in [-0.39, 0.29) is 12.0 Å². The predicted molar refractivity (Wildman–Crippen MR) is 130 cm³/mol. The summed E-state index contributed by atoms with van der Waals surface area (Å²) < 4.78 is 13.6. The highest BCUT2D eigenvalue weighted by atomic mass is 16.5. The van der Waals surface area contributed by atoms with E-state index >= 15 is 0 Å². The Morgan fingerprint density at radius 2 is 1.30 bits per heavy atom. The molecular formula is C29H24N2O2. The maximum absolute atomic E-state index is 5.62. The van der Waals surface area contributed by atoms with Crippen LogP contribution in [0.5, 0.6) is 11.5 Å². The Kier molecular flexibility index (Phi) is 4.65. The van der Waals surface area contributed by atoms with Crippen molar-refractivity contribution in [1.29, 1.82) is 0 Å². The van der Waals surface area contributed by atoms with Gasteiger partial charge in [0.05, 0.1) is 37.2 Å². The quantitative estimate of drug-likeness (QED) is 0.333. The Morgan fingerprint density at radius 1 is 0.667 bits per heavy atom. The number of imidazole rings is 1. The van der Waals surface area contributed by atoms with Crippen molar-refractivity contribution in [3.05, 3.63) is 125 Å². The lowest BCUT2D eigenvalue weighted by Crippen LogP contribution is -2.26. The molecule has 4 aromatic carbocycles. The van der Waals surface area contributed by atoms with Crippen molar-refractivity contribution in [2.45, 2.75) is 12.0 Å². The highest BCUT2D eigenvalue weighted by molar-refractivity contribution is 5.78. The second-order valence-electron chi connectivity index (χ2n) is 8.35. The molecule has 1 aromatic heterocycles. The molecule has 5 aromatic rings. The lowest BCUT2D eigenvalue weighted by atomic mass is 9.80. The van der Waals surface area contributed by atoms with Crippen molar-refractivity contribution in [1.82, 2.24) is 9.55 Å². The van der Waals surface area contributed by atoms with Crippen molar-refractivity contribution in [3.8, 4) is 11.5 Å². The summed E-state index contributed by atoms with van der Waals surface area (Å²) in [5.74, 6) is 2.66. The lowest BCUT2D eigenvalue weighted by molar-refractivity contribution is 0.392. The van der Waals surface area contributed by atoms with E-state index < -0.39 is 0 Å². The van der Waals surface area contributed by atoms with Gasteiger partial charge in [-0.15, -0.1) is 0 Å². The summed E-state index contributed by atoms with van der Waals surface area (Å²) >= 11 is 0. The zero-order valence-electron chi connectivity index (χ0n) is 18.6.